The first-order chi connectivity index (χ1) is 11.0. The Kier molecular flexibility index (Phi) is 3.41. The summed E-state index contributed by atoms with van der Waals surface area (Å²) in [6.45, 7) is 4.12. The van der Waals surface area contributed by atoms with E-state index in [1.165, 1.54) is 22.1 Å². The molecule has 23 heavy (non-hydrogen) atoms. The number of amides is 2. The molecule has 10 nitrogen and oxygen atoms in total. The second-order valence-electron chi connectivity index (χ2n) is 4.79. The second-order valence-corrected chi connectivity index (χ2v) is 4.79. The summed E-state index contributed by atoms with van der Waals surface area (Å²) < 4.78 is 0. The van der Waals surface area contributed by atoms with Gasteiger partial charge in [-0.15, -0.1) is 5.10 Å². The number of aromatic nitrogens is 4. The van der Waals surface area contributed by atoms with Gasteiger partial charge in [-0.25, -0.2) is 9.97 Å². The van der Waals surface area contributed by atoms with Crippen molar-refractivity contribution in [2.24, 2.45) is 5.73 Å². The average Bonchev–Trinajstić information content (AvgIpc) is 2.95. The molecule has 0 saturated carbocycles. The van der Waals surface area contributed by atoms with Crippen molar-refractivity contribution in [1.82, 2.24) is 24.8 Å². The van der Waals surface area contributed by atoms with Crippen LogP contribution in [0, 0.1) is 0 Å². The molecule has 2 aromatic heterocycles. The fourth-order valence-corrected chi connectivity index (χ4v) is 2.30. The Morgan fingerprint density at radius 2 is 2.13 bits per heavy atom. The van der Waals surface area contributed by atoms with Crippen molar-refractivity contribution in [1.29, 1.82) is 0 Å². The third kappa shape index (κ3) is 2.35. The molecule has 1 aliphatic heterocycles. The zero-order valence-electron chi connectivity index (χ0n) is 12.1. The van der Waals surface area contributed by atoms with E-state index in [1.807, 2.05) is 0 Å². The van der Waals surface area contributed by atoms with Gasteiger partial charge in [0.1, 0.15) is 18.8 Å². The lowest BCUT2D eigenvalue weighted by molar-refractivity contribution is -0.123. The Hall–Kier alpha value is -3.43. The van der Waals surface area contributed by atoms with Crippen LogP contribution in [-0.4, -0.2) is 49.8 Å². The number of hydrogen-bond acceptors (Lipinski definition) is 7. The molecule has 4 N–H and O–H groups in total. The number of nitrogen functional groups attached to an aromatic ring is 1. The van der Waals surface area contributed by atoms with Gasteiger partial charge in [0.05, 0.1) is 11.9 Å². The molecule has 3 rings (SSSR count). The molecule has 0 atom stereocenters. The molecular formula is C13H14N8O2. The number of fused-ring (bicyclic) bond motifs is 1. The monoisotopic (exact) mass is 314 g/mol. The number of nitrogens with zero attached hydrogens (tertiary/aromatic N) is 6. The minimum Gasteiger partial charge on any atom is -0.383 e. The zero-order chi connectivity index (χ0) is 16.6. The van der Waals surface area contributed by atoms with Gasteiger partial charge in [-0.1, -0.05) is 6.58 Å². The Balaban J connectivity index is 2.09. The van der Waals surface area contributed by atoms with Gasteiger partial charge in [-0.05, 0) is 12.2 Å². The van der Waals surface area contributed by atoms with Crippen molar-refractivity contribution in [2.75, 3.05) is 24.0 Å². The van der Waals surface area contributed by atoms with Crippen LogP contribution in [0.2, 0.25) is 0 Å². The van der Waals surface area contributed by atoms with Gasteiger partial charge >= 0.3 is 0 Å². The Morgan fingerprint density at radius 3 is 2.83 bits per heavy atom. The summed E-state index contributed by atoms with van der Waals surface area (Å²) in [5.41, 5.74) is 11.5. The summed E-state index contributed by atoms with van der Waals surface area (Å²) in [4.78, 5) is 34.2. The first-order valence-electron chi connectivity index (χ1n) is 6.67. The van der Waals surface area contributed by atoms with Gasteiger partial charge in [-0.2, -0.15) is 4.79 Å². The van der Waals surface area contributed by atoms with Crippen LogP contribution in [0.15, 0.2) is 31.3 Å². The minimum absolute atomic E-state index is 0.0192. The topological polar surface area (TPSA) is 136 Å². The molecule has 0 radical (unpaired) electrons. The second kappa shape index (κ2) is 5.40. The molecule has 2 amide bonds. The van der Waals surface area contributed by atoms with Gasteiger partial charge < -0.3 is 11.5 Å². The van der Waals surface area contributed by atoms with Gasteiger partial charge in [0, 0.05) is 6.20 Å². The van der Waals surface area contributed by atoms with E-state index in [0.29, 0.717) is 12.2 Å². The van der Waals surface area contributed by atoms with E-state index in [9.17, 15) is 9.59 Å². The minimum atomic E-state index is -0.734. The Labute approximate surface area is 130 Å². The highest BCUT2D eigenvalue weighted by atomic mass is 16.2. The predicted octanol–water partition coefficient (Wildman–Crippen LogP) is -1.06. The summed E-state index contributed by atoms with van der Waals surface area (Å²) in [5, 5.41) is 6.17. The van der Waals surface area contributed by atoms with Crippen LogP contribution in [0.25, 0.3) is 11.0 Å². The molecule has 0 saturated heterocycles. The molecule has 0 aromatic carbocycles. The molecule has 2 aromatic rings. The lowest BCUT2D eigenvalue weighted by Gasteiger charge is -2.31. The van der Waals surface area contributed by atoms with Crippen molar-refractivity contribution in [3.63, 3.8) is 0 Å². The van der Waals surface area contributed by atoms with E-state index >= 15 is 0 Å². The Bertz CT molecular complexity index is 840. The zero-order valence-corrected chi connectivity index (χ0v) is 12.1. The maximum atomic E-state index is 11.8. The number of nitrogens with two attached hydrogens (primary N) is 2. The van der Waals surface area contributed by atoms with Crippen LogP contribution in [0.3, 0.4) is 0 Å². The van der Waals surface area contributed by atoms with Crippen LogP contribution >= 0.6 is 0 Å². The van der Waals surface area contributed by atoms with Gasteiger partial charge in [0.15, 0.2) is 11.3 Å². The van der Waals surface area contributed by atoms with E-state index in [0.717, 1.165) is 0 Å². The van der Waals surface area contributed by atoms with E-state index in [1.54, 1.807) is 17.3 Å². The fourth-order valence-electron chi connectivity index (χ4n) is 2.30. The first-order valence-corrected chi connectivity index (χ1v) is 6.67. The normalized spacial score (nSPS) is 14.3. The third-order valence-corrected chi connectivity index (χ3v) is 3.35. The molecule has 3 heterocycles. The predicted molar refractivity (Wildman–Crippen MR) is 82.4 cm³/mol. The molecule has 0 bridgehead atoms. The van der Waals surface area contributed by atoms with Crippen LogP contribution in [0.5, 0.6) is 0 Å². The first kappa shape index (κ1) is 14.5. The maximum Gasteiger partial charge on any atom is 0.270 e. The third-order valence-electron chi connectivity index (χ3n) is 3.35. The van der Waals surface area contributed by atoms with E-state index in [2.05, 4.69) is 21.6 Å². The van der Waals surface area contributed by atoms with Gasteiger partial charge in [0.25, 0.3) is 11.8 Å². The highest BCUT2D eigenvalue weighted by molar-refractivity contribution is 6.06. The summed E-state index contributed by atoms with van der Waals surface area (Å²) >= 11 is 0. The molecule has 118 valence electrons. The van der Waals surface area contributed by atoms with Crippen LogP contribution in [-0.2, 0) is 4.79 Å². The van der Waals surface area contributed by atoms with Gasteiger partial charge in [0.2, 0.25) is 0 Å². The molecule has 0 aliphatic carbocycles. The van der Waals surface area contributed by atoms with Crippen LogP contribution in [0.4, 0.5) is 5.82 Å². The van der Waals surface area contributed by atoms with E-state index in [-0.39, 0.29) is 29.5 Å². The summed E-state index contributed by atoms with van der Waals surface area (Å²) in [7, 11) is 0. The average molecular weight is 314 g/mol. The molecular weight excluding hydrogens is 300 g/mol. The fraction of sp³-hybridized carbons (Fsp3) is 0.154. The largest absolute Gasteiger partial charge is 0.383 e. The van der Waals surface area contributed by atoms with Crippen LogP contribution < -0.4 is 16.5 Å². The van der Waals surface area contributed by atoms with E-state index < -0.39 is 5.91 Å². The number of rotatable bonds is 3. The molecule has 0 fully saturated rings. The standard InChI is InChI=1S/C13H14N8O2/c1-2-8(22)19-4-3-5-20(7-19)21-13-9(10(18-21)12(15)23)11(14)16-6-17-13/h2-4,6H,1,5,7H2,(H2,15,23)(H2,14,16,17). The highest BCUT2D eigenvalue weighted by Crippen LogP contribution is 2.21. The smallest absolute Gasteiger partial charge is 0.270 e. The maximum absolute atomic E-state index is 11.8. The van der Waals surface area contributed by atoms with Crippen molar-refractivity contribution >= 4 is 28.7 Å². The van der Waals surface area contributed by atoms with Crippen LogP contribution in [0.1, 0.15) is 10.5 Å². The van der Waals surface area contributed by atoms with Crippen molar-refractivity contribution in [3.05, 3.63) is 37.0 Å². The quantitative estimate of drug-likeness (QED) is 0.689. The SMILES string of the molecule is C=CC(=O)N1C=CCN(n2nc(C(N)=O)c3c(N)ncnc32)C1. The number of carbonyl (C=O) groups excluding carboxylic acids is 2. The molecule has 1 aliphatic rings. The van der Waals surface area contributed by atoms with Crippen molar-refractivity contribution in [3.8, 4) is 0 Å². The number of carbonyl (C=O) groups is 2. The van der Waals surface area contributed by atoms with Gasteiger partial charge in [-0.3, -0.25) is 19.5 Å². The summed E-state index contributed by atoms with van der Waals surface area (Å²) in [6.07, 6.45) is 5.91. The van der Waals surface area contributed by atoms with Crippen molar-refractivity contribution in [2.45, 2.75) is 0 Å². The highest BCUT2D eigenvalue weighted by Gasteiger charge is 2.24. The summed E-state index contributed by atoms with van der Waals surface area (Å²) in [5.74, 6) is -0.880. The molecule has 10 heteroatoms. The lowest BCUT2D eigenvalue weighted by atomic mass is 10.3. The molecule has 0 unspecified atom stereocenters. The number of anilines is 1. The number of primary amides is 1. The summed E-state index contributed by atoms with van der Waals surface area (Å²) in [6, 6.07) is 0. The Morgan fingerprint density at radius 1 is 1.35 bits per heavy atom. The van der Waals surface area contributed by atoms with E-state index in [4.69, 9.17) is 11.5 Å². The lowest BCUT2D eigenvalue weighted by Crippen LogP contribution is -2.47. The molecule has 0 spiro atoms. The van der Waals surface area contributed by atoms with Crippen molar-refractivity contribution < 1.29 is 9.59 Å². The number of hydrogen-bond donors (Lipinski definition) is 2.